The van der Waals surface area contributed by atoms with Crippen molar-refractivity contribution in [2.75, 3.05) is 64.7 Å². The van der Waals surface area contributed by atoms with Crippen LogP contribution in [0.25, 0.3) is 22.5 Å². The van der Waals surface area contributed by atoms with Gasteiger partial charge in [0.15, 0.2) is 28.3 Å². The third kappa shape index (κ3) is 8.08. The molecule has 58 heavy (non-hydrogen) atoms. The Hall–Kier alpha value is -5.96. The summed E-state index contributed by atoms with van der Waals surface area (Å²) in [6.07, 6.45) is 4.39. The van der Waals surface area contributed by atoms with Gasteiger partial charge in [0.2, 0.25) is 0 Å². The number of benzene rings is 2. The lowest BCUT2D eigenvalue weighted by atomic mass is 10.0. The Morgan fingerprint density at radius 1 is 0.724 bits per heavy atom. The fourth-order valence-electron chi connectivity index (χ4n) is 7.00. The number of rotatable bonds is 7. The Kier molecular flexibility index (Phi) is 10.7. The van der Waals surface area contributed by atoms with Gasteiger partial charge in [0.05, 0.1) is 30.3 Å². The van der Waals surface area contributed by atoms with Gasteiger partial charge in [-0.3, -0.25) is 15.1 Å². The number of urea groups is 2. The molecule has 4 amide bonds. The van der Waals surface area contributed by atoms with E-state index in [1.807, 2.05) is 66.0 Å². The summed E-state index contributed by atoms with van der Waals surface area (Å²) in [5.74, 6) is 2.66. The fraction of sp³-hybridized carbons (Fsp3) is 0.238. The molecule has 2 aromatic carbocycles. The van der Waals surface area contributed by atoms with E-state index in [1.165, 1.54) is 11.3 Å². The summed E-state index contributed by atoms with van der Waals surface area (Å²) in [5.41, 5.74) is 5.03. The number of aromatic nitrogens is 4. The first-order chi connectivity index (χ1) is 28.3. The quantitative estimate of drug-likeness (QED) is 0.161. The summed E-state index contributed by atoms with van der Waals surface area (Å²) in [6.45, 7) is 3.53. The van der Waals surface area contributed by atoms with Crippen molar-refractivity contribution in [2.45, 2.75) is 25.7 Å². The SMILES string of the molecule is O=C(Nc1nc(Cc2cc(-c3cccc(Cl)c3)nc3c2OCCCN3C(=O)Nc2ccnc(N3CCC3)c2)cs1)N1CCCOc2ccc(-c3cccc(Cl)c3)nc21. The number of hydrogen-bond acceptors (Lipinski definition) is 10. The summed E-state index contributed by atoms with van der Waals surface area (Å²) >= 11 is 14.0. The third-order valence-corrected chi connectivity index (χ3v) is 11.3. The molecule has 6 aromatic rings. The van der Waals surface area contributed by atoms with Gasteiger partial charge in [-0.1, -0.05) is 47.5 Å². The molecule has 3 aliphatic heterocycles. The van der Waals surface area contributed by atoms with Crippen molar-refractivity contribution in [3.05, 3.63) is 112 Å². The summed E-state index contributed by atoms with van der Waals surface area (Å²) < 4.78 is 12.3. The molecule has 3 aliphatic rings. The second-order valence-corrected chi connectivity index (χ2v) is 15.7. The molecular formula is C42H37Cl2N9O4S. The lowest BCUT2D eigenvalue weighted by Crippen LogP contribution is -2.38. The topological polar surface area (TPSA) is 138 Å². The highest BCUT2D eigenvalue weighted by Gasteiger charge is 2.29. The third-order valence-electron chi connectivity index (χ3n) is 9.98. The van der Waals surface area contributed by atoms with Crippen LogP contribution in [-0.2, 0) is 6.42 Å². The highest BCUT2D eigenvalue weighted by Crippen LogP contribution is 2.39. The number of hydrogen-bond donors (Lipinski definition) is 2. The molecule has 0 saturated carbocycles. The molecule has 0 spiro atoms. The monoisotopic (exact) mass is 833 g/mol. The van der Waals surface area contributed by atoms with Crippen LogP contribution < -0.4 is 34.8 Å². The van der Waals surface area contributed by atoms with Crippen molar-refractivity contribution in [3.8, 4) is 34.0 Å². The molecule has 13 nitrogen and oxygen atoms in total. The van der Waals surface area contributed by atoms with Crippen LogP contribution in [0.5, 0.6) is 11.5 Å². The van der Waals surface area contributed by atoms with Crippen LogP contribution in [-0.4, -0.2) is 71.4 Å². The average molecular weight is 835 g/mol. The number of pyridine rings is 3. The minimum Gasteiger partial charge on any atom is -0.490 e. The number of ether oxygens (including phenoxy) is 2. The summed E-state index contributed by atoms with van der Waals surface area (Å²) in [7, 11) is 0. The maximum Gasteiger partial charge on any atom is 0.329 e. The number of carbonyl (C=O) groups is 2. The molecule has 0 atom stereocenters. The average Bonchev–Trinajstić information content (AvgIpc) is 3.37. The molecule has 0 aliphatic carbocycles. The van der Waals surface area contributed by atoms with E-state index in [-0.39, 0.29) is 12.1 Å². The number of fused-ring (bicyclic) bond motifs is 2. The van der Waals surface area contributed by atoms with Gasteiger partial charge in [0.1, 0.15) is 5.82 Å². The fourth-order valence-corrected chi connectivity index (χ4v) is 8.08. The summed E-state index contributed by atoms with van der Waals surface area (Å²) in [4.78, 5) is 52.5. The first kappa shape index (κ1) is 37.6. The van der Waals surface area contributed by atoms with Gasteiger partial charge in [-0.15, -0.1) is 11.3 Å². The lowest BCUT2D eigenvalue weighted by molar-refractivity contribution is 0.256. The minimum atomic E-state index is -0.374. The smallest absolute Gasteiger partial charge is 0.329 e. The van der Waals surface area contributed by atoms with E-state index < -0.39 is 0 Å². The molecule has 4 aromatic heterocycles. The minimum absolute atomic E-state index is 0.331. The van der Waals surface area contributed by atoms with Crippen molar-refractivity contribution < 1.29 is 19.1 Å². The zero-order chi connectivity index (χ0) is 39.6. The Morgan fingerprint density at radius 3 is 2.17 bits per heavy atom. The number of anilines is 5. The second kappa shape index (κ2) is 16.5. The van der Waals surface area contributed by atoms with E-state index in [0.29, 0.717) is 107 Å². The van der Waals surface area contributed by atoms with Crippen LogP contribution in [0, 0.1) is 0 Å². The molecule has 9 rings (SSSR count). The van der Waals surface area contributed by atoms with Crippen LogP contribution in [0.3, 0.4) is 0 Å². The van der Waals surface area contributed by atoms with Crippen molar-refractivity contribution in [2.24, 2.45) is 0 Å². The van der Waals surface area contributed by atoms with Gasteiger partial charge in [-0.2, -0.15) is 0 Å². The van der Waals surface area contributed by atoms with E-state index in [1.54, 1.807) is 34.2 Å². The summed E-state index contributed by atoms with van der Waals surface area (Å²) in [6, 6.07) is 23.4. The van der Waals surface area contributed by atoms with E-state index >= 15 is 0 Å². The van der Waals surface area contributed by atoms with Gasteiger partial charge in [0.25, 0.3) is 0 Å². The molecule has 0 radical (unpaired) electrons. The van der Waals surface area contributed by atoms with Crippen LogP contribution >= 0.6 is 34.5 Å². The zero-order valence-corrected chi connectivity index (χ0v) is 33.5. The second-order valence-electron chi connectivity index (χ2n) is 14.0. The van der Waals surface area contributed by atoms with E-state index in [9.17, 15) is 9.59 Å². The summed E-state index contributed by atoms with van der Waals surface area (Å²) in [5, 5.41) is 9.52. The molecule has 7 heterocycles. The number of thiazole rings is 1. The van der Waals surface area contributed by atoms with Gasteiger partial charge in [0, 0.05) is 82.7 Å². The van der Waals surface area contributed by atoms with Crippen LogP contribution in [0.2, 0.25) is 10.0 Å². The molecular weight excluding hydrogens is 797 g/mol. The molecule has 294 valence electrons. The van der Waals surface area contributed by atoms with Gasteiger partial charge in [-0.25, -0.2) is 29.5 Å². The Balaban J connectivity index is 0.991. The largest absolute Gasteiger partial charge is 0.490 e. The van der Waals surface area contributed by atoms with Crippen LogP contribution in [0.15, 0.2) is 90.4 Å². The molecule has 0 unspecified atom stereocenters. The van der Waals surface area contributed by atoms with E-state index in [4.69, 9.17) is 47.6 Å². The van der Waals surface area contributed by atoms with Crippen LogP contribution in [0.1, 0.15) is 30.5 Å². The molecule has 1 fully saturated rings. The molecule has 1 saturated heterocycles. The van der Waals surface area contributed by atoms with E-state index in [2.05, 4.69) is 20.5 Å². The molecule has 2 N–H and O–H groups in total. The number of amides is 4. The highest BCUT2D eigenvalue weighted by molar-refractivity contribution is 7.14. The van der Waals surface area contributed by atoms with Gasteiger partial charge in [-0.05, 0) is 67.8 Å². The van der Waals surface area contributed by atoms with Crippen molar-refractivity contribution in [1.82, 2.24) is 19.9 Å². The van der Waals surface area contributed by atoms with E-state index in [0.717, 1.165) is 42.0 Å². The van der Waals surface area contributed by atoms with Crippen molar-refractivity contribution in [3.63, 3.8) is 0 Å². The first-order valence-electron chi connectivity index (χ1n) is 19.0. The number of nitrogens with one attached hydrogen (secondary N) is 2. The Labute approximate surface area is 348 Å². The Morgan fingerprint density at radius 2 is 1.43 bits per heavy atom. The van der Waals surface area contributed by atoms with Crippen molar-refractivity contribution in [1.29, 1.82) is 0 Å². The standard InChI is InChI=1S/C42H37Cl2N9O4S/c43-29-8-1-6-26(20-29)33-10-11-35-38(48-33)52(16-4-18-56-35)42(55)50-40-46-32(25-58-40)22-28-23-34(27-7-2-9-30(44)21-27)49-39-37(28)57-19-5-17-53(39)41(54)47-31-12-13-45-36(24-31)51-14-3-15-51/h1-2,6-13,20-21,23-25H,3-5,14-19,22H2,(H,45,47,54)(H,46,50,55). The predicted octanol–water partition coefficient (Wildman–Crippen LogP) is 9.41. The van der Waals surface area contributed by atoms with Crippen LogP contribution in [0.4, 0.5) is 37.9 Å². The lowest BCUT2D eigenvalue weighted by Gasteiger charge is -2.32. The normalized spacial score (nSPS) is 14.8. The number of carbonyl (C=O) groups excluding carboxylic acids is 2. The van der Waals surface area contributed by atoms with Crippen molar-refractivity contribution >= 4 is 74.9 Å². The first-order valence-corrected chi connectivity index (χ1v) is 20.6. The highest BCUT2D eigenvalue weighted by atomic mass is 35.5. The Bertz CT molecular complexity index is 2520. The maximum absolute atomic E-state index is 14.1. The number of halogens is 2. The maximum atomic E-state index is 14.1. The van der Waals surface area contributed by atoms with Gasteiger partial charge < -0.3 is 19.7 Å². The predicted molar refractivity (Wildman–Crippen MR) is 228 cm³/mol. The molecule has 0 bridgehead atoms. The van der Waals surface area contributed by atoms with Gasteiger partial charge >= 0.3 is 12.1 Å². The zero-order valence-electron chi connectivity index (χ0n) is 31.2. The number of nitrogens with zero attached hydrogens (tertiary/aromatic N) is 7. The molecule has 16 heteroatoms.